The van der Waals surface area contributed by atoms with Crippen LogP contribution in [-0.4, -0.2) is 12.7 Å². The highest BCUT2D eigenvalue weighted by atomic mass is 35.5. The zero-order valence-electron chi connectivity index (χ0n) is 12.4. The number of benzene rings is 1. The zero-order chi connectivity index (χ0) is 17.2. The SMILES string of the molecule is O=S(=O)(c1cc(Cl)ccc1Cl)N(Cc1ccoc1)Cc1cccs1. The minimum atomic E-state index is -3.82. The van der Waals surface area contributed by atoms with Gasteiger partial charge < -0.3 is 4.42 Å². The summed E-state index contributed by atoms with van der Waals surface area (Å²) < 4.78 is 32.6. The molecule has 0 radical (unpaired) electrons. The highest BCUT2D eigenvalue weighted by Gasteiger charge is 2.28. The molecule has 4 nitrogen and oxygen atoms in total. The van der Waals surface area contributed by atoms with E-state index in [-0.39, 0.29) is 23.0 Å². The van der Waals surface area contributed by atoms with Gasteiger partial charge in [0, 0.05) is 28.6 Å². The van der Waals surface area contributed by atoms with Crippen LogP contribution in [0.5, 0.6) is 0 Å². The normalized spacial score (nSPS) is 12.0. The zero-order valence-corrected chi connectivity index (χ0v) is 15.5. The molecule has 0 saturated heterocycles. The standard InChI is InChI=1S/C16H13Cl2NO3S2/c17-13-3-4-15(18)16(8-13)24(20,21)19(9-12-5-6-22-11-12)10-14-2-1-7-23-14/h1-8,11H,9-10H2. The molecule has 8 heteroatoms. The second-order valence-corrected chi connectivity index (χ2v) is 8.84. The Morgan fingerprint density at radius 2 is 1.96 bits per heavy atom. The van der Waals surface area contributed by atoms with Crippen LogP contribution >= 0.6 is 34.5 Å². The van der Waals surface area contributed by atoms with E-state index in [2.05, 4.69) is 0 Å². The molecule has 0 unspecified atom stereocenters. The predicted octanol–water partition coefficient (Wildman–Crippen LogP) is 5.04. The van der Waals surface area contributed by atoms with Crippen molar-refractivity contribution >= 4 is 44.6 Å². The average Bonchev–Trinajstić information content (AvgIpc) is 3.22. The first-order valence-corrected chi connectivity index (χ1v) is 10.0. The maximum atomic E-state index is 13.1. The smallest absolute Gasteiger partial charge is 0.245 e. The highest BCUT2D eigenvalue weighted by Crippen LogP contribution is 2.30. The molecular weight excluding hydrogens is 389 g/mol. The molecule has 0 saturated carbocycles. The van der Waals surface area contributed by atoms with Crippen LogP contribution in [0.1, 0.15) is 10.4 Å². The largest absolute Gasteiger partial charge is 0.472 e. The lowest BCUT2D eigenvalue weighted by Crippen LogP contribution is -2.30. The van der Waals surface area contributed by atoms with Gasteiger partial charge in [-0.3, -0.25) is 0 Å². The van der Waals surface area contributed by atoms with E-state index in [1.807, 2.05) is 17.5 Å². The van der Waals surface area contributed by atoms with Gasteiger partial charge in [-0.2, -0.15) is 4.31 Å². The van der Waals surface area contributed by atoms with Crippen LogP contribution in [0, 0.1) is 0 Å². The van der Waals surface area contributed by atoms with E-state index >= 15 is 0 Å². The van der Waals surface area contributed by atoms with Crippen molar-refractivity contribution in [2.24, 2.45) is 0 Å². The van der Waals surface area contributed by atoms with E-state index in [0.717, 1.165) is 10.4 Å². The van der Waals surface area contributed by atoms with Crippen molar-refractivity contribution in [3.63, 3.8) is 0 Å². The van der Waals surface area contributed by atoms with Gasteiger partial charge in [-0.05, 0) is 35.7 Å². The van der Waals surface area contributed by atoms with Crippen molar-refractivity contribution in [1.29, 1.82) is 0 Å². The second-order valence-electron chi connectivity index (χ2n) is 5.06. The van der Waals surface area contributed by atoms with Crippen LogP contribution in [0.15, 0.2) is 63.6 Å². The molecule has 0 N–H and O–H groups in total. The van der Waals surface area contributed by atoms with E-state index in [9.17, 15) is 8.42 Å². The summed E-state index contributed by atoms with van der Waals surface area (Å²) in [5.74, 6) is 0. The van der Waals surface area contributed by atoms with E-state index in [4.69, 9.17) is 27.6 Å². The molecule has 0 aliphatic rings. The minimum Gasteiger partial charge on any atom is -0.472 e. The molecule has 0 amide bonds. The maximum Gasteiger partial charge on any atom is 0.245 e. The summed E-state index contributed by atoms with van der Waals surface area (Å²) >= 11 is 13.6. The second kappa shape index (κ2) is 7.29. The van der Waals surface area contributed by atoms with Gasteiger partial charge in [-0.15, -0.1) is 11.3 Å². The van der Waals surface area contributed by atoms with Gasteiger partial charge in [-0.1, -0.05) is 29.3 Å². The van der Waals surface area contributed by atoms with E-state index in [1.54, 1.807) is 12.1 Å². The summed E-state index contributed by atoms with van der Waals surface area (Å²) in [5.41, 5.74) is 0.758. The fraction of sp³-hybridized carbons (Fsp3) is 0.125. The Morgan fingerprint density at radius 3 is 2.62 bits per heavy atom. The number of hydrogen-bond acceptors (Lipinski definition) is 4. The molecule has 0 spiro atoms. The summed E-state index contributed by atoms with van der Waals surface area (Å²) in [6.45, 7) is 0.424. The monoisotopic (exact) mass is 401 g/mol. The Morgan fingerprint density at radius 1 is 1.12 bits per heavy atom. The summed E-state index contributed by atoms with van der Waals surface area (Å²) in [6.07, 6.45) is 3.04. The molecule has 2 heterocycles. The first kappa shape index (κ1) is 17.5. The third kappa shape index (κ3) is 3.84. The van der Waals surface area contributed by atoms with E-state index in [0.29, 0.717) is 5.02 Å². The van der Waals surface area contributed by atoms with Crippen LogP contribution in [0.2, 0.25) is 10.0 Å². The van der Waals surface area contributed by atoms with Gasteiger partial charge in [0.25, 0.3) is 0 Å². The Kier molecular flexibility index (Phi) is 5.32. The molecule has 24 heavy (non-hydrogen) atoms. The number of sulfonamides is 1. The number of hydrogen-bond donors (Lipinski definition) is 0. The van der Waals surface area contributed by atoms with Gasteiger partial charge >= 0.3 is 0 Å². The van der Waals surface area contributed by atoms with Crippen molar-refractivity contribution in [3.05, 3.63) is 74.8 Å². The molecule has 2 aromatic heterocycles. The van der Waals surface area contributed by atoms with Crippen LogP contribution in [0.3, 0.4) is 0 Å². The van der Waals surface area contributed by atoms with Crippen molar-refractivity contribution in [2.75, 3.05) is 0 Å². The molecule has 126 valence electrons. The Labute approximate surface area is 154 Å². The van der Waals surface area contributed by atoms with Crippen LogP contribution in [-0.2, 0) is 23.1 Å². The third-order valence-electron chi connectivity index (χ3n) is 3.36. The van der Waals surface area contributed by atoms with Crippen molar-refractivity contribution in [3.8, 4) is 0 Å². The lowest BCUT2D eigenvalue weighted by Gasteiger charge is -2.22. The summed E-state index contributed by atoms with van der Waals surface area (Å²) in [5, 5.41) is 2.37. The summed E-state index contributed by atoms with van der Waals surface area (Å²) in [7, 11) is -3.82. The van der Waals surface area contributed by atoms with Crippen molar-refractivity contribution in [2.45, 2.75) is 18.0 Å². The Bertz CT molecular complexity index is 871. The number of furan rings is 1. The molecule has 0 bridgehead atoms. The Balaban J connectivity index is 2.00. The summed E-state index contributed by atoms with van der Waals surface area (Å²) in [4.78, 5) is 0.928. The molecule has 0 aliphatic heterocycles. The molecule has 0 atom stereocenters. The molecule has 3 aromatic rings. The van der Waals surface area contributed by atoms with E-state index < -0.39 is 10.0 Å². The molecule has 1 aromatic carbocycles. The Hall–Kier alpha value is -1.31. The number of rotatable bonds is 6. The first-order chi connectivity index (χ1) is 11.5. The topological polar surface area (TPSA) is 50.5 Å². The number of thiophene rings is 1. The minimum absolute atomic E-state index is 0.00304. The van der Waals surface area contributed by atoms with Gasteiger partial charge in [-0.25, -0.2) is 8.42 Å². The van der Waals surface area contributed by atoms with Gasteiger partial charge in [0.05, 0.1) is 17.5 Å². The highest BCUT2D eigenvalue weighted by molar-refractivity contribution is 7.89. The molecule has 3 rings (SSSR count). The van der Waals surface area contributed by atoms with Crippen LogP contribution in [0.25, 0.3) is 0 Å². The van der Waals surface area contributed by atoms with Gasteiger partial charge in [0.1, 0.15) is 4.90 Å². The van der Waals surface area contributed by atoms with Gasteiger partial charge in [0.2, 0.25) is 10.0 Å². The number of halogens is 2. The van der Waals surface area contributed by atoms with Crippen LogP contribution < -0.4 is 0 Å². The van der Waals surface area contributed by atoms with Crippen molar-refractivity contribution in [1.82, 2.24) is 4.31 Å². The molecule has 0 aliphatic carbocycles. The van der Waals surface area contributed by atoms with Gasteiger partial charge in [0.15, 0.2) is 0 Å². The predicted molar refractivity (Wildman–Crippen MR) is 95.9 cm³/mol. The molecular formula is C16H13Cl2NO3S2. The average molecular weight is 402 g/mol. The summed E-state index contributed by atoms with van der Waals surface area (Å²) in [6, 6.07) is 9.92. The van der Waals surface area contributed by atoms with E-state index in [1.165, 1.54) is 40.3 Å². The molecule has 0 fully saturated rings. The van der Waals surface area contributed by atoms with Crippen LogP contribution in [0.4, 0.5) is 0 Å². The lowest BCUT2D eigenvalue weighted by atomic mass is 10.3. The number of nitrogens with zero attached hydrogens (tertiary/aromatic N) is 1. The fourth-order valence-electron chi connectivity index (χ4n) is 2.20. The maximum absolute atomic E-state index is 13.1. The quantitative estimate of drug-likeness (QED) is 0.581. The first-order valence-electron chi connectivity index (χ1n) is 6.95. The van der Waals surface area contributed by atoms with Crippen molar-refractivity contribution < 1.29 is 12.8 Å². The third-order valence-corrected chi connectivity index (χ3v) is 6.73. The lowest BCUT2D eigenvalue weighted by molar-refractivity contribution is 0.402. The fourth-order valence-corrected chi connectivity index (χ4v) is 5.15.